The monoisotopic (exact) mass is 710 g/mol. The van der Waals surface area contributed by atoms with Gasteiger partial charge in [0.05, 0.1) is 19.8 Å². The average molecular weight is 711 g/mol. The fraction of sp³-hybridized carbons (Fsp3) is 0.941. The van der Waals surface area contributed by atoms with E-state index < -0.39 is 92.7 Å². The lowest BCUT2D eigenvalue weighted by molar-refractivity contribution is -0.332. The fourth-order valence-electron chi connectivity index (χ4n) is 5.68. The van der Waals surface area contributed by atoms with E-state index in [1.54, 1.807) is 0 Å². The Balaban J connectivity index is 1.94. The summed E-state index contributed by atoms with van der Waals surface area (Å²) in [5.41, 5.74) is 0. The molecule has 0 amide bonds. The summed E-state index contributed by atoms with van der Waals surface area (Å²) in [7, 11) is 0. The molecule has 0 bridgehead atoms. The molecule has 0 aromatic rings. The molecular weight excluding hydrogens is 648 g/mol. The third-order valence-corrected chi connectivity index (χ3v) is 8.84. The Labute approximate surface area is 289 Å². The Morgan fingerprint density at radius 1 is 0.571 bits per heavy atom. The van der Waals surface area contributed by atoms with Crippen molar-refractivity contribution in [2.75, 3.05) is 26.4 Å². The summed E-state index contributed by atoms with van der Waals surface area (Å²) in [4.78, 5) is 25.1. The molecule has 0 saturated carbocycles. The van der Waals surface area contributed by atoms with Crippen molar-refractivity contribution in [3.63, 3.8) is 0 Å². The van der Waals surface area contributed by atoms with Gasteiger partial charge in [-0.1, -0.05) is 84.5 Å². The standard InChI is InChI=1S/C34H62O15/c1-3-5-7-9-11-13-15-17-26(37)47-22(19-44-25(36)16-14-12-10-8-6-4-2)20-45-33-32(43)30(41)28(39)24(49-33)21-46-34-31(42)29(40)27(38)23(18-35)48-34/h22-24,27-35,38-43H,3-21H2,1-2H3/t22-,23-,24-,27+,28+,29+,30+,31-,32-,33-,34+/m1/s1. The molecule has 288 valence electrons. The van der Waals surface area contributed by atoms with Crippen LogP contribution in [0.2, 0.25) is 0 Å². The van der Waals surface area contributed by atoms with Gasteiger partial charge < -0.3 is 64.2 Å². The molecule has 15 nitrogen and oxygen atoms in total. The molecule has 2 aliphatic heterocycles. The van der Waals surface area contributed by atoms with Crippen molar-refractivity contribution in [3.05, 3.63) is 0 Å². The number of esters is 2. The number of aliphatic hydroxyl groups excluding tert-OH is 7. The second-order valence-electron chi connectivity index (χ2n) is 13.1. The Hall–Kier alpha value is -1.50. The molecule has 0 radical (unpaired) electrons. The first-order valence-corrected chi connectivity index (χ1v) is 18.1. The zero-order chi connectivity index (χ0) is 36.2. The molecule has 15 heteroatoms. The fourth-order valence-corrected chi connectivity index (χ4v) is 5.68. The highest BCUT2D eigenvalue weighted by Gasteiger charge is 2.47. The van der Waals surface area contributed by atoms with Crippen molar-refractivity contribution >= 4 is 11.9 Å². The maximum Gasteiger partial charge on any atom is 0.306 e. The van der Waals surface area contributed by atoms with Gasteiger partial charge in [-0.2, -0.15) is 0 Å². The minimum atomic E-state index is -1.75. The van der Waals surface area contributed by atoms with E-state index in [-0.39, 0.29) is 26.1 Å². The minimum absolute atomic E-state index is 0.167. The van der Waals surface area contributed by atoms with Crippen LogP contribution in [0.1, 0.15) is 110 Å². The molecule has 2 aliphatic rings. The maximum absolute atomic E-state index is 12.7. The van der Waals surface area contributed by atoms with E-state index in [9.17, 15) is 45.3 Å². The van der Waals surface area contributed by atoms with E-state index in [4.69, 9.17) is 28.4 Å². The van der Waals surface area contributed by atoms with Crippen LogP contribution < -0.4 is 0 Å². The number of carbonyl (C=O) groups excluding carboxylic acids is 2. The predicted octanol–water partition coefficient (Wildman–Crippen LogP) is 0.973. The largest absolute Gasteiger partial charge is 0.462 e. The van der Waals surface area contributed by atoms with Crippen LogP contribution in [-0.4, -0.2) is 142 Å². The highest BCUT2D eigenvalue weighted by Crippen LogP contribution is 2.26. The topological polar surface area (TPSA) is 231 Å². The molecule has 7 N–H and O–H groups in total. The van der Waals surface area contributed by atoms with Crippen LogP contribution in [-0.2, 0) is 38.0 Å². The van der Waals surface area contributed by atoms with Crippen LogP contribution in [0.15, 0.2) is 0 Å². The van der Waals surface area contributed by atoms with Crippen molar-refractivity contribution < 1.29 is 73.8 Å². The lowest BCUT2D eigenvalue weighted by Gasteiger charge is -2.42. The average Bonchev–Trinajstić information content (AvgIpc) is 3.09. The molecule has 2 heterocycles. The number of unbranched alkanes of at least 4 members (excludes halogenated alkanes) is 11. The highest BCUT2D eigenvalue weighted by molar-refractivity contribution is 5.70. The lowest BCUT2D eigenvalue weighted by Crippen LogP contribution is -2.61. The van der Waals surface area contributed by atoms with Crippen molar-refractivity contribution in [3.8, 4) is 0 Å². The summed E-state index contributed by atoms with van der Waals surface area (Å²) in [6.45, 7) is 2.41. The quantitative estimate of drug-likeness (QED) is 0.0517. The number of aliphatic hydroxyl groups is 7. The first-order valence-electron chi connectivity index (χ1n) is 18.1. The molecule has 0 spiro atoms. The van der Waals surface area contributed by atoms with Gasteiger partial charge in [0, 0.05) is 12.8 Å². The third kappa shape index (κ3) is 15.7. The van der Waals surface area contributed by atoms with Crippen molar-refractivity contribution in [1.29, 1.82) is 0 Å². The van der Waals surface area contributed by atoms with E-state index in [0.29, 0.717) is 12.8 Å². The van der Waals surface area contributed by atoms with Crippen molar-refractivity contribution in [2.45, 2.75) is 178 Å². The van der Waals surface area contributed by atoms with Gasteiger partial charge >= 0.3 is 11.9 Å². The minimum Gasteiger partial charge on any atom is -0.462 e. The molecule has 0 aromatic heterocycles. The third-order valence-electron chi connectivity index (χ3n) is 8.84. The van der Waals surface area contributed by atoms with E-state index >= 15 is 0 Å². The molecule has 0 unspecified atom stereocenters. The number of hydrogen-bond acceptors (Lipinski definition) is 15. The summed E-state index contributed by atoms with van der Waals surface area (Å²) in [5, 5.41) is 71.2. The van der Waals surface area contributed by atoms with Gasteiger partial charge in [0.15, 0.2) is 18.7 Å². The summed E-state index contributed by atoms with van der Waals surface area (Å²) in [6, 6.07) is 0. The van der Waals surface area contributed by atoms with Gasteiger partial charge in [-0.25, -0.2) is 0 Å². The molecule has 2 rings (SSSR count). The van der Waals surface area contributed by atoms with Crippen LogP contribution in [0.3, 0.4) is 0 Å². The van der Waals surface area contributed by atoms with Crippen molar-refractivity contribution in [2.24, 2.45) is 0 Å². The Bertz CT molecular complexity index is 892. The van der Waals surface area contributed by atoms with Gasteiger partial charge in [0.25, 0.3) is 0 Å². The zero-order valence-electron chi connectivity index (χ0n) is 29.2. The van der Waals surface area contributed by atoms with Crippen LogP contribution in [0.5, 0.6) is 0 Å². The van der Waals surface area contributed by atoms with Gasteiger partial charge in [0.2, 0.25) is 0 Å². The normalized spacial score (nSPS) is 31.0. The Morgan fingerprint density at radius 3 is 1.59 bits per heavy atom. The smallest absolute Gasteiger partial charge is 0.306 e. The second-order valence-corrected chi connectivity index (χ2v) is 13.1. The highest BCUT2D eigenvalue weighted by atomic mass is 16.7. The van der Waals surface area contributed by atoms with Crippen LogP contribution >= 0.6 is 0 Å². The van der Waals surface area contributed by atoms with Gasteiger partial charge in [-0.05, 0) is 12.8 Å². The Kier molecular flexibility index (Phi) is 22.0. The molecule has 2 saturated heterocycles. The van der Waals surface area contributed by atoms with Crippen LogP contribution in [0.25, 0.3) is 0 Å². The van der Waals surface area contributed by atoms with E-state index in [1.165, 1.54) is 6.42 Å². The molecule has 2 fully saturated rings. The second kappa shape index (κ2) is 24.6. The summed E-state index contributed by atoms with van der Waals surface area (Å²) in [6.07, 6.45) is -3.29. The van der Waals surface area contributed by atoms with Crippen molar-refractivity contribution in [1.82, 2.24) is 0 Å². The lowest BCUT2D eigenvalue weighted by atomic mass is 9.98. The number of hydrogen-bond donors (Lipinski definition) is 7. The molecule has 49 heavy (non-hydrogen) atoms. The van der Waals surface area contributed by atoms with Gasteiger partial charge in [-0.15, -0.1) is 0 Å². The predicted molar refractivity (Wildman–Crippen MR) is 174 cm³/mol. The van der Waals surface area contributed by atoms with Gasteiger partial charge in [-0.3, -0.25) is 9.59 Å². The van der Waals surface area contributed by atoms with Gasteiger partial charge in [0.1, 0.15) is 55.4 Å². The van der Waals surface area contributed by atoms with Crippen LogP contribution in [0.4, 0.5) is 0 Å². The van der Waals surface area contributed by atoms with E-state index in [2.05, 4.69) is 13.8 Å². The summed E-state index contributed by atoms with van der Waals surface area (Å²) >= 11 is 0. The molecule has 11 atom stereocenters. The maximum atomic E-state index is 12.7. The number of carbonyl (C=O) groups is 2. The SMILES string of the molecule is CCCCCCCCCC(=O)O[C@H](COC(=O)CCCCCCCC)CO[C@@H]1O[C@H](CO[C@H]2O[C@H](CO)[C@H](O)[C@H](O)[C@H]2O)[C@H](O)[C@H](O)[C@H]1O. The van der Waals surface area contributed by atoms with Crippen LogP contribution in [0, 0.1) is 0 Å². The first-order chi connectivity index (χ1) is 23.5. The summed E-state index contributed by atoms with van der Waals surface area (Å²) in [5.74, 6) is -0.943. The molecular formula is C34H62O15. The summed E-state index contributed by atoms with van der Waals surface area (Å²) < 4.78 is 33.0. The Morgan fingerprint density at radius 2 is 1.04 bits per heavy atom. The molecule has 0 aromatic carbocycles. The molecule has 0 aliphatic carbocycles. The zero-order valence-corrected chi connectivity index (χ0v) is 29.2. The van der Waals surface area contributed by atoms with E-state index in [0.717, 1.165) is 64.2 Å². The first kappa shape index (κ1) is 43.7. The number of rotatable bonds is 25. The van der Waals surface area contributed by atoms with E-state index in [1.807, 2.05) is 0 Å². The number of ether oxygens (including phenoxy) is 6.